The van der Waals surface area contributed by atoms with E-state index < -0.39 is 0 Å². The van der Waals surface area contributed by atoms with E-state index >= 15 is 0 Å². The number of rotatable bonds is 2. The number of hydrogen-bond acceptors (Lipinski definition) is 3. The van der Waals surface area contributed by atoms with Crippen molar-refractivity contribution in [3.05, 3.63) is 24.3 Å². The summed E-state index contributed by atoms with van der Waals surface area (Å²) < 4.78 is 0. The van der Waals surface area contributed by atoms with Crippen LogP contribution >= 0.6 is 0 Å². The number of aromatic nitrogens is 2. The molecule has 1 aromatic heterocycles. The molecule has 2 N–H and O–H groups in total. The van der Waals surface area contributed by atoms with Crippen molar-refractivity contribution < 1.29 is 4.79 Å². The highest BCUT2D eigenvalue weighted by Gasteiger charge is 2.29. The lowest BCUT2D eigenvalue weighted by atomic mass is 10.2. The Morgan fingerprint density at radius 1 is 1.47 bits per heavy atom. The molecular formula is C12H14N4O. The van der Waals surface area contributed by atoms with Gasteiger partial charge in [0.15, 0.2) is 0 Å². The van der Waals surface area contributed by atoms with E-state index in [4.69, 9.17) is 0 Å². The van der Waals surface area contributed by atoms with E-state index in [9.17, 15) is 4.79 Å². The molecule has 1 aliphatic heterocycles. The zero-order valence-corrected chi connectivity index (χ0v) is 9.60. The number of amides is 1. The first-order valence-electron chi connectivity index (χ1n) is 5.70. The van der Waals surface area contributed by atoms with Gasteiger partial charge in [0.2, 0.25) is 11.9 Å². The number of nitrogens with zero attached hydrogens (tertiary/aromatic N) is 2. The van der Waals surface area contributed by atoms with Crippen LogP contribution in [0.5, 0.6) is 0 Å². The van der Waals surface area contributed by atoms with Crippen molar-refractivity contribution in [2.75, 3.05) is 18.9 Å². The van der Waals surface area contributed by atoms with Crippen molar-refractivity contribution in [2.24, 2.45) is 0 Å². The van der Waals surface area contributed by atoms with E-state index in [0.29, 0.717) is 5.95 Å². The number of likely N-dealkylation sites (tertiary alicyclic amines) is 1. The maximum Gasteiger partial charge on any atom is 0.244 e. The van der Waals surface area contributed by atoms with Crippen LogP contribution in [0.1, 0.15) is 6.42 Å². The average Bonchev–Trinajstić information content (AvgIpc) is 2.87. The summed E-state index contributed by atoms with van der Waals surface area (Å²) in [7, 11) is 1.82. The minimum Gasteiger partial charge on any atom is -0.344 e. The Morgan fingerprint density at radius 2 is 2.29 bits per heavy atom. The Labute approximate surface area is 98.8 Å². The number of fused-ring (bicyclic) bond motifs is 1. The number of hydrogen-bond donors (Lipinski definition) is 2. The quantitative estimate of drug-likeness (QED) is 0.815. The summed E-state index contributed by atoms with van der Waals surface area (Å²) in [6.45, 7) is 0.802. The van der Waals surface area contributed by atoms with Gasteiger partial charge in [0.25, 0.3) is 0 Å². The summed E-state index contributed by atoms with van der Waals surface area (Å²) in [6.07, 6.45) is 0.826. The summed E-state index contributed by atoms with van der Waals surface area (Å²) in [4.78, 5) is 21.0. The van der Waals surface area contributed by atoms with Crippen LogP contribution in [0.3, 0.4) is 0 Å². The van der Waals surface area contributed by atoms with E-state index in [2.05, 4.69) is 15.3 Å². The summed E-state index contributed by atoms with van der Waals surface area (Å²) in [6, 6.07) is 7.66. The Hall–Kier alpha value is -2.04. The number of likely N-dealkylation sites (N-methyl/N-ethyl adjacent to an activating group) is 1. The molecule has 0 aliphatic carbocycles. The molecule has 5 nitrogen and oxygen atoms in total. The molecule has 2 aromatic rings. The predicted octanol–water partition coefficient (Wildman–Crippen LogP) is 1.21. The lowest BCUT2D eigenvalue weighted by Gasteiger charge is -2.10. The van der Waals surface area contributed by atoms with Gasteiger partial charge in [-0.05, 0) is 18.6 Å². The molecule has 1 aliphatic rings. The third kappa shape index (κ3) is 1.73. The Bertz CT molecular complexity index is 529. The Balaban J connectivity index is 1.83. The van der Waals surface area contributed by atoms with Crippen LogP contribution in [-0.4, -0.2) is 40.4 Å². The molecule has 1 unspecified atom stereocenters. The topological polar surface area (TPSA) is 61.0 Å². The number of aromatic amines is 1. The van der Waals surface area contributed by atoms with Gasteiger partial charge in [-0.2, -0.15) is 0 Å². The maximum atomic E-state index is 11.7. The SMILES string of the molecule is CN1CCC(Nc2nc3ccccc3[nH]2)C1=O. The van der Waals surface area contributed by atoms with E-state index in [1.54, 1.807) is 4.90 Å². The fourth-order valence-corrected chi connectivity index (χ4v) is 2.14. The van der Waals surface area contributed by atoms with Gasteiger partial charge in [0.05, 0.1) is 11.0 Å². The number of nitrogens with one attached hydrogen (secondary N) is 2. The van der Waals surface area contributed by atoms with Crippen LogP contribution in [0.4, 0.5) is 5.95 Å². The van der Waals surface area contributed by atoms with E-state index in [-0.39, 0.29) is 11.9 Å². The van der Waals surface area contributed by atoms with Crippen LogP contribution < -0.4 is 5.32 Å². The number of para-hydroxylation sites is 2. The largest absolute Gasteiger partial charge is 0.344 e. The standard InChI is InChI=1S/C12H14N4O/c1-16-7-6-10(11(16)17)15-12-13-8-4-2-3-5-9(8)14-12/h2-5,10H,6-7H2,1H3,(H2,13,14,15). The summed E-state index contributed by atoms with van der Waals surface area (Å²) >= 11 is 0. The van der Waals surface area contributed by atoms with Gasteiger partial charge in [0, 0.05) is 13.6 Å². The predicted molar refractivity (Wildman–Crippen MR) is 65.8 cm³/mol. The molecule has 1 fully saturated rings. The lowest BCUT2D eigenvalue weighted by molar-refractivity contribution is -0.127. The lowest BCUT2D eigenvalue weighted by Crippen LogP contribution is -2.31. The van der Waals surface area contributed by atoms with Gasteiger partial charge < -0.3 is 15.2 Å². The first kappa shape index (κ1) is 10.1. The minimum absolute atomic E-state index is 0.130. The normalized spacial score (nSPS) is 20.2. The Kier molecular flexibility index (Phi) is 2.24. The van der Waals surface area contributed by atoms with Crippen molar-refractivity contribution in [3.63, 3.8) is 0 Å². The molecule has 1 atom stereocenters. The zero-order chi connectivity index (χ0) is 11.8. The fourth-order valence-electron chi connectivity index (χ4n) is 2.14. The summed E-state index contributed by atoms with van der Waals surface area (Å²) in [5.74, 6) is 0.797. The van der Waals surface area contributed by atoms with Crippen molar-refractivity contribution >= 4 is 22.9 Å². The van der Waals surface area contributed by atoms with Gasteiger partial charge >= 0.3 is 0 Å². The van der Waals surface area contributed by atoms with Gasteiger partial charge in [-0.25, -0.2) is 4.98 Å². The van der Waals surface area contributed by atoms with E-state index in [1.165, 1.54) is 0 Å². The van der Waals surface area contributed by atoms with Gasteiger partial charge in [0.1, 0.15) is 6.04 Å². The average molecular weight is 230 g/mol. The van der Waals surface area contributed by atoms with Gasteiger partial charge in [-0.15, -0.1) is 0 Å². The first-order valence-corrected chi connectivity index (χ1v) is 5.70. The summed E-state index contributed by atoms with van der Waals surface area (Å²) in [5.41, 5.74) is 1.89. The number of H-pyrrole nitrogens is 1. The minimum atomic E-state index is -0.152. The number of carbonyl (C=O) groups excluding carboxylic acids is 1. The summed E-state index contributed by atoms with van der Waals surface area (Å²) in [5, 5.41) is 3.15. The second kappa shape index (κ2) is 3.76. The molecule has 88 valence electrons. The molecule has 0 saturated carbocycles. The van der Waals surface area contributed by atoms with Crippen molar-refractivity contribution in [2.45, 2.75) is 12.5 Å². The van der Waals surface area contributed by atoms with Crippen LogP contribution in [0.25, 0.3) is 11.0 Å². The number of imidazole rings is 1. The van der Waals surface area contributed by atoms with Crippen molar-refractivity contribution in [3.8, 4) is 0 Å². The third-order valence-corrected chi connectivity index (χ3v) is 3.13. The number of anilines is 1. The van der Waals surface area contributed by atoms with Crippen molar-refractivity contribution in [1.29, 1.82) is 0 Å². The molecule has 17 heavy (non-hydrogen) atoms. The maximum absolute atomic E-state index is 11.7. The smallest absolute Gasteiger partial charge is 0.244 e. The molecule has 2 heterocycles. The highest BCUT2D eigenvalue weighted by atomic mass is 16.2. The molecule has 1 aromatic carbocycles. The van der Waals surface area contributed by atoms with Crippen LogP contribution in [0.15, 0.2) is 24.3 Å². The highest BCUT2D eigenvalue weighted by Crippen LogP contribution is 2.17. The van der Waals surface area contributed by atoms with Crippen LogP contribution in [0, 0.1) is 0 Å². The molecule has 5 heteroatoms. The second-order valence-electron chi connectivity index (χ2n) is 4.35. The fraction of sp³-hybridized carbons (Fsp3) is 0.333. The monoisotopic (exact) mass is 230 g/mol. The zero-order valence-electron chi connectivity index (χ0n) is 9.60. The number of carbonyl (C=O) groups is 1. The molecule has 3 rings (SSSR count). The molecule has 0 bridgehead atoms. The van der Waals surface area contributed by atoms with Crippen LogP contribution in [-0.2, 0) is 4.79 Å². The second-order valence-corrected chi connectivity index (χ2v) is 4.35. The van der Waals surface area contributed by atoms with Crippen molar-refractivity contribution in [1.82, 2.24) is 14.9 Å². The van der Waals surface area contributed by atoms with Crippen LogP contribution in [0.2, 0.25) is 0 Å². The van der Waals surface area contributed by atoms with E-state index in [0.717, 1.165) is 24.0 Å². The van der Waals surface area contributed by atoms with E-state index in [1.807, 2.05) is 31.3 Å². The molecule has 0 spiro atoms. The molecular weight excluding hydrogens is 216 g/mol. The molecule has 1 saturated heterocycles. The number of benzene rings is 1. The first-order chi connectivity index (χ1) is 8.24. The third-order valence-electron chi connectivity index (χ3n) is 3.13. The van der Waals surface area contributed by atoms with Gasteiger partial charge in [-0.1, -0.05) is 12.1 Å². The highest BCUT2D eigenvalue weighted by molar-refractivity contribution is 5.86. The Morgan fingerprint density at radius 3 is 3.00 bits per heavy atom. The molecule has 1 amide bonds. The van der Waals surface area contributed by atoms with Gasteiger partial charge in [-0.3, -0.25) is 4.79 Å². The molecule has 0 radical (unpaired) electrons.